The molecule has 0 saturated carbocycles. The number of rotatable bonds is 49. The van der Waals surface area contributed by atoms with Crippen molar-refractivity contribution in [1.29, 1.82) is 0 Å². The van der Waals surface area contributed by atoms with Gasteiger partial charge in [0, 0.05) is 19.3 Å². The fourth-order valence-electron chi connectivity index (χ4n) is 7.37. The number of allylic oxidation sites excluding steroid dienone is 24. The van der Waals surface area contributed by atoms with Gasteiger partial charge in [0.05, 0.1) is 0 Å². The Balaban J connectivity index is 4.55. The quantitative estimate of drug-likeness (QED) is 0.0199. The molecule has 0 aliphatic carbocycles. The van der Waals surface area contributed by atoms with Crippen LogP contribution in [0.15, 0.2) is 146 Å². The van der Waals surface area contributed by atoms with Gasteiger partial charge in [-0.3, -0.25) is 14.4 Å². The van der Waals surface area contributed by atoms with Crippen LogP contribution in [0.1, 0.15) is 226 Å². The molecule has 0 fully saturated rings. The van der Waals surface area contributed by atoms with E-state index < -0.39 is 6.10 Å². The summed E-state index contributed by atoms with van der Waals surface area (Å²) in [6.45, 7) is 6.28. The Bertz CT molecular complexity index is 1590. The van der Waals surface area contributed by atoms with E-state index in [2.05, 4.69) is 69.4 Å². The molecule has 71 heavy (non-hydrogen) atoms. The first kappa shape index (κ1) is 66.3. The van der Waals surface area contributed by atoms with Gasteiger partial charge < -0.3 is 14.2 Å². The molecule has 0 N–H and O–H groups in total. The average molecular weight is 980 g/mol. The number of carbonyl (C=O) groups is 3. The van der Waals surface area contributed by atoms with E-state index >= 15 is 0 Å². The Morgan fingerprint density at radius 1 is 0.296 bits per heavy atom. The lowest BCUT2D eigenvalue weighted by atomic mass is 10.1. The van der Waals surface area contributed by atoms with Gasteiger partial charge in [0.1, 0.15) is 13.2 Å². The fourth-order valence-corrected chi connectivity index (χ4v) is 7.37. The molecule has 0 aromatic heterocycles. The highest BCUT2D eigenvalue weighted by molar-refractivity contribution is 5.71. The molecule has 0 saturated heterocycles. The third-order valence-electron chi connectivity index (χ3n) is 11.6. The molecule has 6 nitrogen and oxygen atoms in total. The number of hydrogen-bond acceptors (Lipinski definition) is 6. The molecule has 0 aliphatic rings. The first-order valence-corrected chi connectivity index (χ1v) is 28.5. The van der Waals surface area contributed by atoms with Crippen LogP contribution in [-0.2, 0) is 28.6 Å². The molecule has 0 heterocycles. The molecule has 0 radical (unpaired) electrons. The summed E-state index contributed by atoms with van der Waals surface area (Å²) in [5.74, 6) is -0.990. The minimum atomic E-state index is -0.817. The second kappa shape index (κ2) is 57.9. The van der Waals surface area contributed by atoms with E-state index in [0.717, 1.165) is 96.3 Å². The topological polar surface area (TPSA) is 78.9 Å². The summed E-state index contributed by atoms with van der Waals surface area (Å²) in [6.07, 6.45) is 82.6. The van der Waals surface area contributed by atoms with Crippen LogP contribution in [0.25, 0.3) is 0 Å². The lowest BCUT2D eigenvalue weighted by Gasteiger charge is -2.18. The van der Waals surface area contributed by atoms with Gasteiger partial charge in [-0.15, -0.1) is 0 Å². The molecule has 6 heteroatoms. The van der Waals surface area contributed by atoms with E-state index in [1.54, 1.807) is 0 Å². The van der Waals surface area contributed by atoms with Gasteiger partial charge in [0.2, 0.25) is 0 Å². The summed E-state index contributed by atoms with van der Waals surface area (Å²) in [6, 6.07) is 0. The van der Waals surface area contributed by atoms with Crippen molar-refractivity contribution in [3.63, 3.8) is 0 Å². The first-order chi connectivity index (χ1) is 35.0. The van der Waals surface area contributed by atoms with Gasteiger partial charge in [0.25, 0.3) is 0 Å². The first-order valence-electron chi connectivity index (χ1n) is 28.5. The molecule has 0 spiro atoms. The standard InChI is InChI=1S/C65H102O6/c1-4-7-10-13-16-19-22-25-28-30-32-34-37-40-43-46-49-52-55-58-64(67)70-61-62(60-69-63(66)57-54-51-48-45-42-39-36-27-24-21-18-15-12-9-6-3)71-65(68)59-56-53-50-47-44-41-38-35-33-31-29-26-23-20-17-14-11-8-5-2/h7,9-10,12-13,15-16,18-19,21-22,24-25,27-28,30-34,36-37,40,43,62H,4-6,8,11,14,17,20,23,26,29,35,38-39,41-42,44-61H2,1-3H3/b10-7-,12-9-,16-13-,18-15-,22-19-,24-21-,28-25-,32-30+,33-31-,36-27-,37-34-,43-40-. The van der Waals surface area contributed by atoms with Crippen molar-refractivity contribution in [2.45, 2.75) is 232 Å². The minimum absolute atomic E-state index is 0.113. The fraction of sp³-hybridized carbons (Fsp3) is 0.585. The maximum Gasteiger partial charge on any atom is 0.306 e. The Labute approximate surface area is 436 Å². The van der Waals surface area contributed by atoms with Crippen LogP contribution in [0.4, 0.5) is 0 Å². The lowest BCUT2D eigenvalue weighted by Crippen LogP contribution is -2.30. The maximum atomic E-state index is 12.9. The predicted octanol–water partition coefficient (Wildman–Crippen LogP) is 19.2. The number of ether oxygens (including phenoxy) is 3. The maximum absolute atomic E-state index is 12.9. The van der Waals surface area contributed by atoms with E-state index in [-0.39, 0.29) is 31.1 Å². The van der Waals surface area contributed by atoms with E-state index in [1.165, 1.54) is 89.9 Å². The normalized spacial score (nSPS) is 13.2. The SMILES string of the molecule is CC\C=C/C=C\C=C/C=C\C=C\C=C/C=C\CCCCCC(=O)OCC(COC(=O)CCCCCCC\C=C/C=C\C=C/C=C\CC)OC(=O)CCCCCCCCC/C=C\CCCCCCCCCC. The molecule has 0 aromatic rings. The van der Waals surface area contributed by atoms with Gasteiger partial charge in [-0.2, -0.15) is 0 Å². The summed E-state index contributed by atoms with van der Waals surface area (Å²) in [4.78, 5) is 38.2. The van der Waals surface area contributed by atoms with Crippen molar-refractivity contribution in [3.05, 3.63) is 146 Å². The van der Waals surface area contributed by atoms with E-state index in [9.17, 15) is 14.4 Å². The highest BCUT2D eigenvalue weighted by Crippen LogP contribution is 2.14. The molecule has 1 atom stereocenters. The van der Waals surface area contributed by atoms with E-state index in [4.69, 9.17) is 14.2 Å². The summed E-state index contributed by atoms with van der Waals surface area (Å²) in [7, 11) is 0. The molecule has 0 aromatic carbocycles. The largest absolute Gasteiger partial charge is 0.462 e. The van der Waals surface area contributed by atoms with Crippen LogP contribution in [0.5, 0.6) is 0 Å². The van der Waals surface area contributed by atoms with Gasteiger partial charge in [-0.1, -0.05) is 269 Å². The van der Waals surface area contributed by atoms with Crippen molar-refractivity contribution in [1.82, 2.24) is 0 Å². The summed E-state index contributed by atoms with van der Waals surface area (Å²) in [5.41, 5.74) is 0. The monoisotopic (exact) mass is 979 g/mol. The summed E-state index contributed by atoms with van der Waals surface area (Å²) < 4.78 is 16.8. The highest BCUT2D eigenvalue weighted by atomic mass is 16.6. The van der Waals surface area contributed by atoms with Gasteiger partial charge >= 0.3 is 17.9 Å². The van der Waals surface area contributed by atoms with Gasteiger partial charge in [-0.25, -0.2) is 0 Å². The number of unbranched alkanes of at least 4 members (excludes halogenated alkanes) is 23. The second-order valence-corrected chi connectivity index (χ2v) is 18.4. The third-order valence-corrected chi connectivity index (χ3v) is 11.6. The molecule has 398 valence electrons. The Morgan fingerprint density at radius 2 is 0.563 bits per heavy atom. The van der Waals surface area contributed by atoms with Crippen molar-refractivity contribution in [3.8, 4) is 0 Å². The van der Waals surface area contributed by atoms with Crippen molar-refractivity contribution < 1.29 is 28.6 Å². The van der Waals surface area contributed by atoms with Gasteiger partial charge in [0.15, 0.2) is 6.10 Å². The van der Waals surface area contributed by atoms with E-state index in [1.807, 2.05) is 97.2 Å². The molecule has 1 unspecified atom stereocenters. The Morgan fingerprint density at radius 3 is 0.915 bits per heavy atom. The lowest BCUT2D eigenvalue weighted by molar-refractivity contribution is -0.167. The Hall–Kier alpha value is -4.71. The molecule has 0 amide bonds. The van der Waals surface area contributed by atoms with Crippen LogP contribution < -0.4 is 0 Å². The van der Waals surface area contributed by atoms with Crippen LogP contribution in [-0.4, -0.2) is 37.2 Å². The predicted molar refractivity (Wildman–Crippen MR) is 306 cm³/mol. The van der Waals surface area contributed by atoms with Gasteiger partial charge in [-0.05, 0) is 83.5 Å². The highest BCUT2D eigenvalue weighted by Gasteiger charge is 2.19. The second-order valence-electron chi connectivity index (χ2n) is 18.4. The molecule has 0 aliphatic heterocycles. The van der Waals surface area contributed by atoms with Crippen LogP contribution in [0.2, 0.25) is 0 Å². The number of carbonyl (C=O) groups excluding carboxylic acids is 3. The number of esters is 3. The third kappa shape index (κ3) is 56.1. The van der Waals surface area contributed by atoms with Crippen molar-refractivity contribution >= 4 is 17.9 Å². The van der Waals surface area contributed by atoms with Crippen molar-refractivity contribution in [2.75, 3.05) is 13.2 Å². The number of hydrogen-bond donors (Lipinski definition) is 0. The molecular weight excluding hydrogens is 877 g/mol. The van der Waals surface area contributed by atoms with Crippen molar-refractivity contribution in [2.24, 2.45) is 0 Å². The van der Waals surface area contributed by atoms with Crippen LogP contribution >= 0.6 is 0 Å². The van der Waals surface area contributed by atoms with Crippen LogP contribution in [0, 0.1) is 0 Å². The smallest absolute Gasteiger partial charge is 0.306 e. The minimum Gasteiger partial charge on any atom is -0.462 e. The average Bonchev–Trinajstić information content (AvgIpc) is 3.37. The molecule has 0 rings (SSSR count). The zero-order valence-corrected chi connectivity index (χ0v) is 45.4. The zero-order chi connectivity index (χ0) is 51.4. The Kier molecular flexibility index (Phi) is 54.0. The van der Waals surface area contributed by atoms with E-state index in [0.29, 0.717) is 19.3 Å². The summed E-state index contributed by atoms with van der Waals surface area (Å²) >= 11 is 0. The molecular formula is C65H102O6. The zero-order valence-electron chi connectivity index (χ0n) is 45.4. The molecule has 0 bridgehead atoms. The summed E-state index contributed by atoms with van der Waals surface area (Å²) in [5, 5.41) is 0. The van der Waals surface area contributed by atoms with Crippen LogP contribution in [0.3, 0.4) is 0 Å².